The van der Waals surface area contributed by atoms with E-state index < -0.39 is 11.9 Å². The molecule has 1 aliphatic rings. The number of primary amides is 1. The van der Waals surface area contributed by atoms with E-state index in [2.05, 4.69) is 20.2 Å². The Kier molecular flexibility index (Phi) is 5.31. The maximum absolute atomic E-state index is 12.7. The first-order chi connectivity index (χ1) is 12.5. The number of nitrogens with zero attached hydrogens (tertiary/aromatic N) is 4. The van der Waals surface area contributed by atoms with Crippen LogP contribution in [0.15, 0.2) is 42.7 Å². The molecule has 2 heterocycles. The van der Waals surface area contributed by atoms with Gasteiger partial charge in [0.25, 0.3) is 0 Å². The van der Waals surface area contributed by atoms with Crippen molar-refractivity contribution in [2.75, 3.05) is 36.4 Å². The lowest BCUT2D eigenvalue weighted by Crippen LogP contribution is -2.52. The number of nitrogens with one attached hydrogen (secondary N) is 1. The number of hydrogen-bond acceptors (Lipinski definition) is 6. The van der Waals surface area contributed by atoms with Crippen molar-refractivity contribution in [1.29, 1.82) is 0 Å². The van der Waals surface area contributed by atoms with Gasteiger partial charge < -0.3 is 20.9 Å². The van der Waals surface area contributed by atoms with Crippen molar-refractivity contribution in [1.82, 2.24) is 14.9 Å². The molecule has 1 unspecified atom stereocenters. The maximum atomic E-state index is 12.7. The summed E-state index contributed by atoms with van der Waals surface area (Å²) in [5.74, 6) is 0.212. The summed E-state index contributed by atoms with van der Waals surface area (Å²) in [4.78, 5) is 36.3. The van der Waals surface area contributed by atoms with Crippen molar-refractivity contribution in [3.05, 3.63) is 48.3 Å². The maximum Gasteiger partial charge on any atom is 0.248 e. The molecule has 0 spiro atoms. The lowest BCUT2D eigenvalue weighted by molar-refractivity contribution is -0.131. The minimum absolute atomic E-state index is 0.0168. The fourth-order valence-corrected chi connectivity index (χ4v) is 2.93. The number of carbonyl (C=O) groups is 2. The standard InChI is InChI=1S/C18H22N6O2/c1-13(22-15-5-2-4-14(12-15)16(19)25)17(26)23-8-10-24(11-9-23)18-20-6-3-7-21-18/h2-7,12-13,22H,8-11H2,1H3,(H2,19,25). The van der Waals surface area contributed by atoms with E-state index in [4.69, 9.17) is 5.73 Å². The topological polar surface area (TPSA) is 104 Å². The van der Waals surface area contributed by atoms with Crippen molar-refractivity contribution in [3.8, 4) is 0 Å². The van der Waals surface area contributed by atoms with Gasteiger partial charge in [0.1, 0.15) is 6.04 Å². The largest absolute Gasteiger partial charge is 0.374 e. The number of piperazine rings is 1. The monoisotopic (exact) mass is 354 g/mol. The van der Waals surface area contributed by atoms with E-state index in [0.717, 1.165) is 0 Å². The molecule has 26 heavy (non-hydrogen) atoms. The Labute approximate surface area is 152 Å². The lowest BCUT2D eigenvalue weighted by Gasteiger charge is -2.36. The van der Waals surface area contributed by atoms with Gasteiger partial charge in [0.15, 0.2) is 0 Å². The van der Waals surface area contributed by atoms with Crippen LogP contribution >= 0.6 is 0 Å². The lowest BCUT2D eigenvalue weighted by atomic mass is 10.1. The van der Waals surface area contributed by atoms with Gasteiger partial charge in [-0.2, -0.15) is 0 Å². The number of hydrogen-bond donors (Lipinski definition) is 2. The Morgan fingerprint density at radius 3 is 2.46 bits per heavy atom. The minimum Gasteiger partial charge on any atom is -0.374 e. The molecule has 1 fully saturated rings. The summed E-state index contributed by atoms with van der Waals surface area (Å²) in [7, 11) is 0. The number of aromatic nitrogens is 2. The van der Waals surface area contributed by atoms with E-state index in [0.29, 0.717) is 43.4 Å². The summed E-state index contributed by atoms with van der Waals surface area (Å²) in [6.45, 7) is 4.43. The second-order valence-corrected chi connectivity index (χ2v) is 6.17. The van der Waals surface area contributed by atoms with Gasteiger partial charge in [0.05, 0.1) is 0 Å². The van der Waals surface area contributed by atoms with Crippen molar-refractivity contribution in [2.24, 2.45) is 5.73 Å². The Morgan fingerprint density at radius 2 is 1.81 bits per heavy atom. The number of benzene rings is 1. The van der Waals surface area contributed by atoms with Crippen molar-refractivity contribution < 1.29 is 9.59 Å². The van der Waals surface area contributed by atoms with E-state index in [1.807, 2.05) is 11.8 Å². The second-order valence-electron chi connectivity index (χ2n) is 6.17. The zero-order valence-corrected chi connectivity index (χ0v) is 14.6. The minimum atomic E-state index is -0.494. The van der Waals surface area contributed by atoms with Crippen molar-refractivity contribution in [3.63, 3.8) is 0 Å². The normalized spacial score (nSPS) is 15.4. The molecule has 2 aromatic rings. The van der Waals surface area contributed by atoms with Crippen LogP contribution in [0.4, 0.5) is 11.6 Å². The van der Waals surface area contributed by atoms with Gasteiger partial charge in [0.2, 0.25) is 17.8 Å². The molecule has 1 aromatic heterocycles. The van der Waals surface area contributed by atoms with Crippen molar-refractivity contribution >= 4 is 23.5 Å². The second kappa shape index (κ2) is 7.81. The molecule has 0 saturated carbocycles. The van der Waals surface area contributed by atoms with Gasteiger partial charge in [-0.25, -0.2) is 9.97 Å². The van der Waals surface area contributed by atoms with Gasteiger partial charge in [-0.3, -0.25) is 9.59 Å². The van der Waals surface area contributed by atoms with Gasteiger partial charge in [-0.15, -0.1) is 0 Å². The van der Waals surface area contributed by atoms with E-state index in [1.165, 1.54) is 0 Å². The number of rotatable bonds is 5. The average molecular weight is 354 g/mol. The van der Waals surface area contributed by atoms with Gasteiger partial charge >= 0.3 is 0 Å². The molecule has 0 bridgehead atoms. The molecule has 3 N–H and O–H groups in total. The fraction of sp³-hybridized carbons (Fsp3) is 0.333. The van der Waals surface area contributed by atoms with Crippen LogP contribution in [0.3, 0.4) is 0 Å². The predicted molar refractivity (Wildman–Crippen MR) is 98.9 cm³/mol. The molecule has 8 nitrogen and oxygen atoms in total. The number of amides is 2. The van der Waals surface area contributed by atoms with E-state index >= 15 is 0 Å². The zero-order chi connectivity index (χ0) is 18.5. The van der Waals surface area contributed by atoms with E-state index in [9.17, 15) is 9.59 Å². The first-order valence-electron chi connectivity index (χ1n) is 8.52. The summed E-state index contributed by atoms with van der Waals surface area (Å²) in [6.07, 6.45) is 3.43. The molecular formula is C18H22N6O2. The summed E-state index contributed by atoms with van der Waals surface area (Å²) in [5.41, 5.74) is 6.40. The molecule has 1 saturated heterocycles. The molecule has 2 amide bonds. The molecule has 1 aliphatic heterocycles. The van der Waals surface area contributed by atoms with Crippen LogP contribution in [0.1, 0.15) is 17.3 Å². The summed E-state index contributed by atoms with van der Waals surface area (Å²) in [5, 5.41) is 3.14. The number of nitrogens with two attached hydrogens (primary N) is 1. The highest BCUT2D eigenvalue weighted by atomic mass is 16.2. The van der Waals surface area contributed by atoms with Crippen LogP contribution in [0.2, 0.25) is 0 Å². The fourth-order valence-electron chi connectivity index (χ4n) is 2.93. The summed E-state index contributed by atoms with van der Waals surface area (Å²) < 4.78 is 0. The third kappa shape index (κ3) is 4.08. The summed E-state index contributed by atoms with van der Waals surface area (Å²) in [6, 6.07) is 8.21. The van der Waals surface area contributed by atoms with Gasteiger partial charge in [0, 0.05) is 49.8 Å². The molecule has 3 rings (SSSR count). The molecule has 8 heteroatoms. The highest BCUT2D eigenvalue weighted by molar-refractivity contribution is 5.94. The third-order valence-electron chi connectivity index (χ3n) is 4.33. The van der Waals surface area contributed by atoms with E-state index in [1.54, 1.807) is 42.7 Å². The zero-order valence-electron chi connectivity index (χ0n) is 14.6. The van der Waals surface area contributed by atoms with Crippen LogP contribution in [0.25, 0.3) is 0 Å². The highest BCUT2D eigenvalue weighted by Crippen LogP contribution is 2.14. The van der Waals surface area contributed by atoms with Crippen LogP contribution in [-0.4, -0.2) is 58.9 Å². The Bertz CT molecular complexity index is 774. The molecule has 1 aromatic carbocycles. The summed E-state index contributed by atoms with van der Waals surface area (Å²) >= 11 is 0. The van der Waals surface area contributed by atoms with E-state index in [-0.39, 0.29) is 5.91 Å². The Balaban J connectivity index is 1.56. The Morgan fingerprint density at radius 1 is 1.12 bits per heavy atom. The third-order valence-corrected chi connectivity index (χ3v) is 4.33. The molecular weight excluding hydrogens is 332 g/mol. The first kappa shape index (κ1) is 17.7. The molecule has 1 atom stereocenters. The SMILES string of the molecule is CC(Nc1cccc(C(N)=O)c1)C(=O)N1CCN(c2ncccn2)CC1. The smallest absolute Gasteiger partial charge is 0.248 e. The molecule has 0 radical (unpaired) electrons. The van der Waals surface area contributed by atoms with Gasteiger partial charge in [-0.05, 0) is 31.2 Å². The van der Waals surface area contributed by atoms with Gasteiger partial charge in [-0.1, -0.05) is 6.07 Å². The Hall–Kier alpha value is -3.16. The highest BCUT2D eigenvalue weighted by Gasteiger charge is 2.25. The first-order valence-corrected chi connectivity index (χ1v) is 8.52. The molecule has 136 valence electrons. The van der Waals surface area contributed by atoms with Crippen molar-refractivity contribution in [2.45, 2.75) is 13.0 Å². The number of carbonyl (C=O) groups excluding carboxylic acids is 2. The van der Waals surface area contributed by atoms with Crippen LogP contribution in [0, 0.1) is 0 Å². The average Bonchev–Trinajstić information content (AvgIpc) is 2.68. The predicted octanol–water partition coefficient (Wildman–Crippen LogP) is 0.725. The van der Waals surface area contributed by atoms with Crippen LogP contribution in [-0.2, 0) is 4.79 Å². The number of anilines is 2. The van der Waals surface area contributed by atoms with Crippen LogP contribution in [0.5, 0.6) is 0 Å². The molecule has 0 aliphatic carbocycles. The quantitative estimate of drug-likeness (QED) is 0.820. The van der Waals surface area contributed by atoms with Crippen LogP contribution < -0.4 is 16.0 Å².